The summed E-state index contributed by atoms with van der Waals surface area (Å²) < 4.78 is 0. The third kappa shape index (κ3) is 4.50. The lowest BCUT2D eigenvalue weighted by Gasteiger charge is -2.17. The molecule has 0 aliphatic rings. The molecule has 136 valence electrons. The molecule has 0 bridgehead atoms. The van der Waals surface area contributed by atoms with E-state index in [1.807, 2.05) is 44.2 Å². The zero-order valence-corrected chi connectivity index (χ0v) is 16.2. The van der Waals surface area contributed by atoms with Crippen molar-refractivity contribution in [3.63, 3.8) is 0 Å². The van der Waals surface area contributed by atoms with Crippen LogP contribution in [0.1, 0.15) is 46.6 Å². The van der Waals surface area contributed by atoms with Crippen LogP contribution in [0, 0.1) is 18.3 Å². The molecule has 0 unspecified atom stereocenters. The van der Waals surface area contributed by atoms with Gasteiger partial charge in [0, 0.05) is 19.5 Å². The Morgan fingerprint density at radius 1 is 1.19 bits per heavy atom. The van der Waals surface area contributed by atoms with E-state index in [9.17, 15) is 14.9 Å². The van der Waals surface area contributed by atoms with Crippen molar-refractivity contribution in [1.29, 1.82) is 5.26 Å². The van der Waals surface area contributed by atoms with Crippen LogP contribution in [-0.4, -0.2) is 29.8 Å². The highest BCUT2D eigenvalue weighted by atomic mass is 32.1. The van der Waals surface area contributed by atoms with E-state index in [1.165, 1.54) is 11.3 Å². The number of thiophene rings is 1. The maximum absolute atomic E-state index is 12.6. The second-order valence-electron chi connectivity index (χ2n) is 5.88. The van der Waals surface area contributed by atoms with Crippen molar-refractivity contribution in [3.05, 3.63) is 51.9 Å². The quantitative estimate of drug-likeness (QED) is 0.802. The molecule has 5 nitrogen and oxygen atoms in total. The van der Waals surface area contributed by atoms with Gasteiger partial charge in [-0.3, -0.25) is 9.59 Å². The fourth-order valence-electron chi connectivity index (χ4n) is 2.69. The third-order valence-electron chi connectivity index (χ3n) is 4.24. The number of benzene rings is 1. The van der Waals surface area contributed by atoms with Crippen LogP contribution in [0.5, 0.6) is 0 Å². The van der Waals surface area contributed by atoms with Crippen LogP contribution in [0.3, 0.4) is 0 Å². The van der Waals surface area contributed by atoms with E-state index in [-0.39, 0.29) is 11.8 Å². The summed E-state index contributed by atoms with van der Waals surface area (Å²) in [6, 6.07) is 11.9. The number of hydrogen-bond donors (Lipinski definition) is 1. The normalized spacial score (nSPS) is 10.2. The van der Waals surface area contributed by atoms with E-state index in [0.29, 0.717) is 46.9 Å². The lowest BCUT2D eigenvalue weighted by Crippen LogP contribution is -2.30. The molecule has 2 aromatic rings. The summed E-state index contributed by atoms with van der Waals surface area (Å²) in [5, 5.41) is 12.7. The minimum Gasteiger partial charge on any atom is -0.338 e. The first-order chi connectivity index (χ1) is 12.5. The Kier molecular flexibility index (Phi) is 6.93. The molecular formula is C20H23N3O2S. The van der Waals surface area contributed by atoms with Crippen molar-refractivity contribution in [2.75, 3.05) is 18.4 Å². The van der Waals surface area contributed by atoms with Crippen LogP contribution >= 0.6 is 11.3 Å². The van der Waals surface area contributed by atoms with Gasteiger partial charge in [0.15, 0.2) is 0 Å². The molecule has 1 aromatic heterocycles. The molecule has 0 aliphatic carbocycles. The summed E-state index contributed by atoms with van der Waals surface area (Å²) in [7, 11) is 0. The average molecular weight is 369 g/mol. The predicted molar refractivity (Wildman–Crippen MR) is 104 cm³/mol. The van der Waals surface area contributed by atoms with Gasteiger partial charge >= 0.3 is 0 Å². The number of carbonyl (C=O) groups excluding carboxylic acids is 2. The van der Waals surface area contributed by atoms with Gasteiger partial charge in [-0.05, 0) is 38.3 Å². The van der Waals surface area contributed by atoms with Crippen LogP contribution < -0.4 is 5.32 Å². The van der Waals surface area contributed by atoms with E-state index in [1.54, 1.807) is 11.8 Å². The summed E-state index contributed by atoms with van der Waals surface area (Å²) in [6.07, 6.45) is 0.954. The van der Waals surface area contributed by atoms with Crippen molar-refractivity contribution in [2.24, 2.45) is 0 Å². The first-order valence-corrected chi connectivity index (χ1v) is 9.49. The predicted octanol–water partition coefficient (Wildman–Crippen LogP) is 3.98. The molecule has 1 heterocycles. The van der Waals surface area contributed by atoms with Gasteiger partial charge < -0.3 is 10.2 Å². The molecular weight excluding hydrogens is 346 g/mol. The lowest BCUT2D eigenvalue weighted by atomic mass is 10.1. The van der Waals surface area contributed by atoms with Crippen LogP contribution in [0.15, 0.2) is 30.3 Å². The van der Waals surface area contributed by atoms with Crippen molar-refractivity contribution >= 4 is 28.2 Å². The number of amides is 2. The van der Waals surface area contributed by atoms with Crippen molar-refractivity contribution in [1.82, 2.24) is 4.90 Å². The van der Waals surface area contributed by atoms with Gasteiger partial charge in [-0.2, -0.15) is 5.26 Å². The molecule has 0 spiro atoms. The Hall–Kier alpha value is -2.65. The first-order valence-electron chi connectivity index (χ1n) is 8.68. The highest BCUT2D eigenvalue weighted by molar-refractivity contribution is 7.18. The molecule has 0 radical (unpaired) electrons. The second-order valence-corrected chi connectivity index (χ2v) is 6.90. The molecule has 1 aromatic carbocycles. The van der Waals surface area contributed by atoms with Gasteiger partial charge in [0.05, 0.1) is 10.4 Å². The Bertz CT molecular complexity index is 818. The van der Waals surface area contributed by atoms with Gasteiger partial charge in [-0.25, -0.2) is 0 Å². The number of anilines is 1. The fraction of sp³-hybridized carbons (Fsp3) is 0.350. The minimum absolute atomic E-state index is 0.0983. The van der Waals surface area contributed by atoms with Gasteiger partial charge in [0.1, 0.15) is 11.1 Å². The largest absolute Gasteiger partial charge is 0.338 e. The van der Waals surface area contributed by atoms with Crippen molar-refractivity contribution < 1.29 is 9.59 Å². The van der Waals surface area contributed by atoms with E-state index >= 15 is 0 Å². The fourth-order valence-corrected chi connectivity index (χ4v) is 3.83. The smallest absolute Gasteiger partial charge is 0.264 e. The number of hydrogen-bond acceptors (Lipinski definition) is 4. The Morgan fingerprint density at radius 3 is 2.42 bits per heavy atom. The average Bonchev–Trinajstić information content (AvgIpc) is 2.97. The SMILES string of the molecule is CCN(CC)C(=O)c1sc(NC(=O)CCc2ccccc2)c(C#N)c1C. The zero-order valence-electron chi connectivity index (χ0n) is 15.3. The second kappa shape index (κ2) is 9.16. The topological polar surface area (TPSA) is 73.2 Å². The first kappa shape index (κ1) is 19.7. The summed E-state index contributed by atoms with van der Waals surface area (Å²) >= 11 is 1.18. The number of rotatable bonds is 7. The third-order valence-corrected chi connectivity index (χ3v) is 5.44. The van der Waals surface area contributed by atoms with Gasteiger partial charge in [-0.15, -0.1) is 11.3 Å². The van der Waals surface area contributed by atoms with Crippen LogP contribution in [0.2, 0.25) is 0 Å². The van der Waals surface area contributed by atoms with Gasteiger partial charge in [0.2, 0.25) is 5.91 Å². The van der Waals surface area contributed by atoms with Crippen molar-refractivity contribution in [3.8, 4) is 6.07 Å². The molecule has 0 atom stereocenters. The maximum atomic E-state index is 12.6. The van der Waals surface area contributed by atoms with Gasteiger partial charge in [0.25, 0.3) is 5.91 Å². The van der Waals surface area contributed by atoms with Crippen LogP contribution in [0.25, 0.3) is 0 Å². The van der Waals surface area contributed by atoms with Crippen LogP contribution in [0.4, 0.5) is 5.00 Å². The van der Waals surface area contributed by atoms with E-state index < -0.39 is 0 Å². The maximum Gasteiger partial charge on any atom is 0.264 e. The molecule has 0 fully saturated rings. The monoisotopic (exact) mass is 369 g/mol. The van der Waals surface area contributed by atoms with E-state index in [4.69, 9.17) is 0 Å². The Morgan fingerprint density at radius 2 is 1.85 bits per heavy atom. The molecule has 6 heteroatoms. The van der Waals surface area contributed by atoms with Gasteiger partial charge in [-0.1, -0.05) is 30.3 Å². The zero-order chi connectivity index (χ0) is 19.1. The highest BCUT2D eigenvalue weighted by Gasteiger charge is 2.23. The molecule has 0 saturated carbocycles. The molecule has 0 saturated heterocycles. The van der Waals surface area contributed by atoms with E-state index in [2.05, 4.69) is 11.4 Å². The number of carbonyl (C=O) groups is 2. The summed E-state index contributed by atoms with van der Waals surface area (Å²) in [4.78, 5) is 27.1. The minimum atomic E-state index is -0.159. The molecule has 1 N–H and O–H groups in total. The number of nitrogens with one attached hydrogen (secondary N) is 1. The molecule has 2 amide bonds. The Labute approximate surface area is 158 Å². The van der Waals surface area contributed by atoms with E-state index in [0.717, 1.165) is 5.56 Å². The van der Waals surface area contributed by atoms with Crippen molar-refractivity contribution in [2.45, 2.75) is 33.6 Å². The lowest BCUT2D eigenvalue weighted by molar-refractivity contribution is -0.116. The summed E-state index contributed by atoms with van der Waals surface area (Å²) in [5.74, 6) is -0.257. The standard InChI is InChI=1S/C20H23N3O2S/c1-4-23(5-2)20(25)18-14(3)16(13-21)19(26-18)22-17(24)12-11-15-9-7-6-8-10-15/h6-10H,4-5,11-12H2,1-3H3,(H,22,24). The molecule has 26 heavy (non-hydrogen) atoms. The number of nitrogens with zero attached hydrogens (tertiary/aromatic N) is 2. The van der Waals surface area contributed by atoms with Crippen LogP contribution in [-0.2, 0) is 11.2 Å². The summed E-state index contributed by atoms with van der Waals surface area (Å²) in [5.41, 5.74) is 2.09. The molecule has 0 aliphatic heterocycles. The number of nitriles is 1. The number of aryl methyl sites for hydroxylation is 1. The Balaban J connectivity index is 2.14. The highest BCUT2D eigenvalue weighted by Crippen LogP contribution is 2.33. The summed E-state index contributed by atoms with van der Waals surface area (Å²) in [6.45, 7) is 6.80. The molecule has 2 rings (SSSR count).